The van der Waals surface area contributed by atoms with Crippen LogP contribution in [0.3, 0.4) is 0 Å². The molecule has 0 saturated carbocycles. The Morgan fingerprint density at radius 2 is 1.89 bits per heavy atom. The first-order valence-corrected chi connectivity index (χ1v) is 5.53. The monoisotopic (exact) mass is 269 g/mol. The van der Waals surface area contributed by atoms with E-state index in [0.29, 0.717) is 5.76 Å². The van der Waals surface area contributed by atoms with Gasteiger partial charge in [-0.15, -0.1) is 0 Å². The van der Waals surface area contributed by atoms with Crippen molar-refractivity contribution in [3.63, 3.8) is 0 Å². The zero-order valence-electron chi connectivity index (χ0n) is 10.4. The minimum atomic E-state index is -1.15. The van der Waals surface area contributed by atoms with E-state index in [1.807, 2.05) is 0 Å². The number of carboxylic acid groups (broad SMARTS) is 1. The predicted octanol–water partition coefficient (Wildman–Crippen LogP) is -0.412. The zero-order valence-corrected chi connectivity index (χ0v) is 10.4. The van der Waals surface area contributed by atoms with Crippen LogP contribution in [0.2, 0.25) is 0 Å². The number of hydrogen-bond acceptors (Lipinski definition) is 4. The van der Waals surface area contributed by atoms with Crippen LogP contribution in [-0.4, -0.2) is 36.1 Å². The number of rotatable bonds is 6. The number of urea groups is 1. The van der Waals surface area contributed by atoms with Gasteiger partial charge in [-0.05, 0) is 19.1 Å². The highest BCUT2D eigenvalue weighted by molar-refractivity contribution is 5.86. The van der Waals surface area contributed by atoms with Gasteiger partial charge in [0.15, 0.2) is 0 Å². The summed E-state index contributed by atoms with van der Waals surface area (Å²) < 4.78 is 5.24. The van der Waals surface area contributed by atoms with Crippen LogP contribution in [0.4, 0.5) is 4.79 Å². The molecule has 104 valence electrons. The molecule has 0 aliphatic carbocycles. The van der Waals surface area contributed by atoms with E-state index in [4.69, 9.17) is 9.52 Å². The second-order valence-electron chi connectivity index (χ2n) is 3.72. The third-order valence-electron chi connectivity index (χ3n) is 2.07. The smallest absolute Gasteiger partial charge is 0.322 e. The summed E-state index contributed by atoms with van der Waals surface area (Å²) in [6, 6.07) is 2.96. The third-order valence-corrected chi connectivity index (χ3v) is 2.07. The Kier molecular flexibility index (Phi) is 5.39. The Hall–Kier alpha value is -2.51. The Balaban J connectivity index is 2.17. The van der Waals surface area contributed by atoms with E-state index in [1.165, 1.54) is 0 Å². The van der Waals surface area contributed by atoms with E-state index in [9.17, 15) is 14.4 Å². The van der Waals surface area contributed by atoms with Crippen LogP contribution in [0.15, 0.2) is 16.5 Å². The number of aryl methyl sites for hydroxylation is 1. The van der Waals surface area contributed by atoms with Gasteiger partial charge in [-0.2, -0.15) is 0 Å². The van der Waals surface area contributed by atoms with E-state index in [2.05, 4.69) is 16.0 Å². The molecule has 1 rings (SSSR count). The lowest BCUT2D eigenvalue weighted by atomic mass is 10.4. The van der Waals surface area contributed by atoms with Crippen LogP contribution < -0.4 is 16.0 Å². The fourth-order valence-corrected chi connectivity index (χ4v) is 1.21. The van der Waals surface area contributed by atoms with Crippen LogP contribution in [0.25, 0.3) is 0 Å². The molecule has 0 fully saturated rings. The highest BCUT2D eigenvalue weighted by atomic mass is 16.4. The number of nitrogens with one attached hydrogen (secondary N) is 3. The highest BCUT2D eigenvalue weighted by Crippen LogP contribution is 2.04. The maximum atomic E-state index is 11.3. The molecule has 0 aromatic carbocycles. The molecule has 19 heavy (non-hydrogen) atoms. The topological polar surface area (TPSA) is 121 Å². The van der Waals surface area contributed by atoms with Crippen LogP contribution in [0.1, 0.15) is 11.5 Å². The first kappa shape index (κ1) is 14.6. The Morgan fingerprint density at radius 1 is 1.16 bits per heavy atom. The lowest BCUT2D eigenvalue weighted by Gasteiger charge is -2.06. The zero-order chi connectivity index (χ0) is 14.3. The fraction of sp³-hybridized carbons (Fsp3) is 0.364. The molecule has 8 heteroatoms. The normalized spacial score (nSPS) is 9.74. The average molecular weight is 269 g/mol. The Morgan fingerprint density at radius 3 is 2.47 bits per heavy atom. The first-order chi connectivity index (χ1) is 8.97. The summed E-state index contributed by atoms with van der Waals surface area (Å²) in [5.74, 6) is -0.384. The highest BCUT2D eigenvalue weighted by Gasteiger charge is 2.07. The second-order valence-corrected chi connectivity index (χ2v) is 3.72. The summed E-state index contributed by atoms with van der Waals surface area (Å²) in [6.07, 6.45) is 0. The summed E-state index contributed by atoms with van der Waals surface area (Å²) in [7, 11) is 0. The van der Waals surface area contributed by atoms with E-state index in [-0.39, 0.29) is 13.1 Å². The predicted molar refractivity (Wildman–Crippen MR) is 64.3 cm³/mol. The summed E-state index contributed by atoms with van der Waals surface area (Å²) in [5, 5.41) is 15.2. The van der Waals surface area contributed by atoms with Gasteiger partial charge in [0, 0.05) is 0 Å². The van der Waals surface area contributed by atoms with Gasteiger partial charge in [-0.25, -0.2) is 4.79 Å². The van der Waals surface area contributed by atoms with E-state index >= 15 is 0 Å². The molecule has 0 saturated heterocycles. The summed E-state index contributed by atoms with van der Waals surface area (Å²) in [5.41, 5.74) is 0. The van der Waals surface area contributed by atoms with Crippen LogP contribution in [-0.2, 0) is 16.1 Å². The van der Waals surface area contributed by atoms with Gasteiger partial charge in [0.25, 0.3) is 0 Å². The molecule has 1 aromatic heterocycles. The van der Waals surface area contributed by atoms with Crippen molar-refractivity contribution in [2.75, 3.05) is 13.1 Å². The summed E-state index contributed by atoms with van der Waals surface area (Å²) in [6.45, 7) is 1.22. The molecule has 0 unspecified atom stereocenters. The van der Waals surface area contributed by atoms with Gasteiger partial charge in [0.05, 0.1) is 13.1 Å². The van der Waals surface area contributed by atoms with Gasteiger partial charge < -0.3 is 25.5 Å². The van der Waals surface area contributed by atoms with Crippen LogP contribution in [0.5, 0.6) is 0 Å². The molecule has 0 bridgehead atoms. The van der Waals surface area contributed by atoms with Gasteiger partial charge in [0.1, 0.15) is 18.1 Å². The molecule has 0 aliphatic rings. The molecule has 0 radical (unpaired) electrons. The van der Waals surface area contributed by atoms with Crippen LogP contribution >= 0.6 is 0 Å². The van der Waals surface area contributed by atoms with Crippen molar-refractivity contribution in [1.82, 2.24) is 16.0 Å². The molecule has 1 aromatic rings. The van der Waals surface area contributed by atoms with E-state index in [0.717, 1.165) is 5.76 Å². The van der Waals surface area contributed by atoms with Crippen molar-refractivity contribution < 1.29 is 23.9 Å². The van der Waals surface area contributed by atoms with Crippen molar-refractivity contribution in [2.24, 2.45) is 0 Å². The molecule has 0 atom stereocenters. The minimum absolute atomic E-state index is 0.205. The molecule has 4 N–H and O–H groups in total. The number of aliphatic carboxylic acids is 1. The van der Waals surface area contributed by atoms with Gasteiger partial charge in [-0.3, -0.25) is 9.59 Å². The van der Waals surface area contributed by atoms with Crippen molar-refractivity contribution in [1.29, 1.82) is 0 Å². The maximum Gasteiger partial charge on any atom is 0.322 e. The fourth-order valence-electron chi connectivity index (χ4n) is 1.21. The maximum absolute atomic E-state index is 11.3. The third kappa shape index (κ3) is 6.10. The van der Waals surface area contributed by atoms with E-state index in [1.54, 1.807) is 19.1 Å². The molecule has 0 aliphatic heterocycles. The van der Waals surface area contributed by atoms with Gasteiger partial charge in [-0.1, -0.05) is 0 Å². The van der Waals surface area contributed by atoms with Gasteiger partial charge in [0.2, 0.25) is 5.91 Å². The number of hydrogen-bond donors (Lipinski definition) is 4. The van der Waals surface area contributed by atoms with Crippen LogP contribution in [0, 0.1) is 6.92 Å². The molecule has 3 amide bonds. The number of furan rings is 1. The lowest BCUT2D eigenvalue weighted by molar-refractivity contribution is -0.137. The largest absolute Gasteiger partial charge is 0.480 e. The van der Waals surface area contributed by atoms with E-state index < -0.39 is 24.5 Å². The van der Waals surface area contributed by atoms with Gasteiger partial charge >= 0.3 is 12.0 Å². The Labute approximate surface area is 109 Å². The molecular formula is C11H15N3O5. The second kappa shape index (κ2) is 7.04. The molecule has 8 nitrogen and oxygen atoms in total. The quantitative estimate of drug-likeness (QED) is 0.559. The number of carboxylic acids is 1. The lowest BCUT2D eigenvalue weighted by Crippen LogP contribution is -2.42. The SMILES string of the molecule is Cc1ccc(CNC(=O)NCC(=O)NCC(=O)O)o1. The standard InChI is InChI=1S/C11H15N3O5/c1-7-2-3-8(19-7)4-13-11(18)14-5-9(15)12-6-10(16)17/h2-3H,4-6H2,1H3,(H,12,15)(H,16,17)(H2,13,14,18). The number of carbonyl (C=O) groups excluding carboxylic acids is 2. The van der Waals surface area contributed by atoms with Crippen molar-refractivity contribution in [3.8, 4) is 0 Å². The van der Waals surface area contributed by atoms with Crippen molar-refractivity contribution in [3.05, 3.63) is 23.7 Å². The molecular weight excluding hydrogens is 254 g/mol. The molecule has 0 spiro atoms. The molecule has 1 heterocycles. The first-order valence-electron chi connectivity index (χ1n) is 5.53. The van der Waals surface area contributed by atoms with Crippen molar-refractivity contribution >= 4 is 17.9 Å². The number of carbonyl (C=O) groups is 3. The summed E-state index contributed by atoms with van der Waals surface area (Å²) in [4.78, 5) is 32.6. The number of amides is 3. The Bertz CT molecular complexity index is 469. The average Bonchev–Trinajstić information content (AvgIpc) is 2.77. The summed E-state index contributed by atoms with van der Waals surface area (Å²) >= 11 is 0. The van der Waals surface area contributed by atoms with Crippen molar-refractivity contribution in [2.45, 2.75) is 13.5 Å². The minimum Gasteiger partial charge on any atom is -0.480 e.